The van der Waals surface area contributed by atoms with Gasteiger partial charge in [0.25, 0.3) is 0 Å². The second-order valence-electron chi connectivity index (χ2n) is 5.99. The van der Waals surface area contributed by atoms with Crippen molar-refractivity contribution in [1.29, 1.82) is 0 Å². The second kappa shape index (κ2) is 9.70. The third kappa shape index (κ3) is 5.42. The van der Waals surface area contributed by atoms with E-state index < -0.39 is 0 Å². The van der Waals surface area contributed by atoms with Crippen molar-refractivity contribution in [1.82, 2.24) is 0 Å². The van der Waals surface area contributed by atoms with E-state index in [0.717, 1.165) is 30.0 Å². The molecule has 0 fully saturated rings. The van der Waals surface area contributed by atoms with Crippen molar-refractivity contribution in [3.63, 3.8) is 0 Å². The van der Waals surface area contributed by atoms with Gasteiger partial charge in [0.2, 0.25) is 0 Å². The molecule has 4 nitrogen and oxygen atoms in total. The Labute approximate surface area is 169 Å². The van der Waals surface area contributed by atoms with Crippen LogP contribution in [0.15, 0.2) is 59.2 Å². The topological polar surface area (TPSA) is 48.2 Å². The van der Waals surface area contributed by atoms with Gasteiger partial charge < -0.3 is 19.2 Å². The van der Waals surface area contributed by atoms with E-state index in [1.807, 2.05) is 55.5 Å². The zero-order valence-corrected chi connectivity index (χ0v) is 16.6. The highest BCUT2D eigenvalue weighted by Crippen LogP contribution is 2.37. The number of hydrogen-bond donors (Lipinski definition) is 1. The summed E-state index contributed by atoms with van der Waals surface area (Å²) in [5.41, 5.74) is 1.95. The van der Waals surface area contributed by atoms with Crippen LogP contribution in [-0.2, 0) is 19.7 Å². The molecule has 1 aromatic heterocycles. The minimum atomic E-state index is 0.323. The first-order valence-corrected chi connectivity index (χ1v) is 9.58. The predicted octanol–water partition coefficient (Wildman–Crippen LogP) is 4.83. The van der Waals surface area contributed by atoms with Crippen molar-refractivity contribution in [2.75, 3.05) is 6.61 Å². The van der Waals surface area contributed by atoms with E-state index in [-0.39, 0.29) is 0 Å². The van der Waals surface area contributed by atoms with Gasteiger partial charge in [-0.3, -0.25) is 0 Å². The summed E-state index contributed by atoms with van der Waals surface area (Å²) in [6.45, 7) is 4.30. The Morgan fingerprint density at radius 3 is 2.56 bits per heavy atom. The number of rotatable bonds is 9. The molecule has 0 bridgehead atoms. The largest absolute Gasteiger partial charge is 0.490 e. The van der Waals surface area contributed by atoms with Gasteiger partial charge in [0.1, 0.15) is 19.7 Å². The lowest BCUT2D eigenvalue weighted by Gasteiger charge is -2.15. The molecule has 3 aromatic rings. The van der Waals surface area contributed by atoms with Crippen molar-refractivity contribution in [3.05, 3.63) is 81.7 Å². The number of ether oxygens (including phenoxy) is 2. The summed E-state index contributed by atoms with van der Waals surface area (Å²) in [7, 11) is 0. The summed E-state index contributed by atoms with van der Waals surface area (Å²) >= 11 is 12.7. The summed E-state index contributed by atoms with van der Waals surface area (Å²) in [4.78, 5) is 0. The molecule has 0 aliphatic carbocycles. The van der Waals surface area contributed by atoms with E-state index in [0.29, 0.717) is 34.8 Å². The molecule has 0 atom stereocenters. The van der Waals surface area contributed by atoms with E-state index in [1.165, 1.54) is 0 Å². The standard InChI is InChI=1S/C21H21Cl2NO3/c1-2-25-20-11-15(12-24-13-17-7-5-9-26-17)10-19(23)21(20)27-14-16-6-3-4-8-18(16)22/h3-11,24H,2,12-14H2,1H3/p+1. The van der Waals surface area contributed by atoms with E-state index in [1.54, 1.807) is 6.26 Å². The lowest BCUT2D eigenvalue weighted by Crippen LogP contribution is -2.80. The number of nitrogens with two attached hydrogens (primary N) is 1. The molecule has 142 valence electrons. The lowest BCUT2D eigenvalue weighted by atomic mass is 10.2. The molecule has 1 heterocycles. The van der Waals surface area contributed by atoms with Crippen LogP contribution in [0, 0.1) is 0 Å². The Morgan fingerprint density at radius 1 is 0.963 bits per heavy atom. The molecule has 3 rings (SSSR count). The van der Waals surface area contributed by atoms with E-state index in [9.17, 15) is 0 Å². The number of furan rings is 1. The fraction of sp³-hybridized carbons (Fsp3) is 0.238. The molecule has 0 spiro atoms. The average Bonchev–Trinajstić information content (AvgIpc) is 3.16. The van der Waals surface area contributed by atoms with Gasteiger partial charge in [-0.1, -0.05) is 41.4 Å². The molecule has 0 radical (unpaired) electrons. The van der Waals surface area contributed by atoms with Gasteiger partial charge in [-0.15, -0.1) is 0 Å². The van der Waals surface area contributed by atoms with Crippen LogP contribution in [0.4, 0.5) is 0 Å². The van der Waals surface area contributed by atoms with Crippen molar-refractivity contribution in [2.24, 2.45) is 0 Å². The maximum Gasteiger partial charge on any atom is 0.180 e. The molecular formula is C21H22Cl2NO3+. The van der Waals surface area contributed by atoms with Crippen LogP contribution >= 0.6 is 23.2 Å². The number of benzene rings is 2. The molecule has 2 N–H and O–H groups in total. The zero-order valence-electron chi connectivity index (χ0n) is 15.1. The summed E-state index contributed by atoms with van der Waals surface area (Å²) in [5.74, 6) is 2.11. The first-order valence-electron chi connectivity index (χ1n) is 8.83. The number of quaternary nitrogens is 1. The van der Waals surface area contributed by atoms with Gasteiger partial charge >= 0.3 is 0 Å². The minimum Gasteiger partial charge on any atom is -0.490 e. The smallest absolute Gasteiger partial charge is 0.180 e. The van der Waals surface area contributed by atoms with Crippen LogP contribution in [0.5, 0.6) is 11.5 Å². The van der Waals surface area contributed by atoms with E-state index in [2.05, 4.69) is 5.32 Å². The summed E-state index contributed by atoms with van der Waals surface area (Å²) in [5, 5.41) is 3.33. The van der Waals surface area contributed by atoms with Gasteiger partial charge in [-0.2, -0.15) is 0 Å². The fourth-order valence-electron chi connectivity index (χ4n) is 2.72. The first kappa shape index (κ1) is 19.6. The summed E-state index contributed by atoms with van der Waals surface area (Å²) in [6.07, 6.45) is 1.68. The van der Waals surface area contributed by atoms with Gasteiger partial charge in [0.15, 0.2) is 17.3 Å². The fourth-order valence-corrected chi connectivity index (χ4v) is 3.20. The number of hydrogen-bond acceptors (Lipinski definition) is 3. The Balaban J connectivity index is 1.70. The monoisotopic (exact) mass is 406 g/mol. The number of halogens is 2. The Morgan fingerprint density at radius 2 is 1.81 bits per heavy atom. The van der Waals surface area contributed by atoms with Crippen LogP contribution < -0.4 is 14.8 Å². The van der Waals surface area contributed by atoms with Crippen LogP contribution in [0.2, 0.25) is 10.0 Å². The van der Waals surface area contributed by atoms with Gasteiger partial charge in [-0.25, -0.2) is 0 Å². The third-order valence-electron chi connectivity index (χ3n) is 4.00. The van der Waals surface area contributed by atoms with Gasteiger partial charge in [0, 0.05) is 16.1 Å². The first-order chi connectivity index (χ1) is 13.2. The quantitative estimate of drug-likeness (QED) is 0.553. The van der Waals surface area contributed by atoms with Crippen molar-refractivity contribution in [2.45, 2.75) is 26.6 Å². The SMILES string of the molecule is CCOc1cc(C[NH2+]Cc2ccco2)cc(Cl)c1OCc1ccccc1Cl. The van der Waals surface area contributed by atoms with Gasteiger partial charge in [0.05, 0.1) is 17.9 Å². The maximum absolute atomic E-state index is 6.48. The molecular weight excluding hydrogens is 385 g/mol. The van der Waals surface area contributed by atoms with Crippen molar-refractivity contribution < 1.29 is 19.2 Å². The summed E-state index contributed by atoms with van der Waals surface area (Å²) in [6, 6.07) is 15.3. The molecule has 0 aliphatic rings. The van der Waals surface area contributed by atoms with E-state index in [4.69, 9.17) is 37.1 Å². The van der Waals surface area contributed by atoms with Crippen molar-refractivity contribution in [3.8, 4) is 11.5 Å². The highest BCUT2D eigenvalue weighted by molar-refractivity contribution is 6.32. The molecule has 6 heteroatoms. The van der Waals surface area contributed by atoms with Crippen LogP contribution in [0.25, 0.3) is 0 Å². The van der Waals surface area contributed by atoms with E-state index >= 15 is 0 Å². The van der Waals surface area contributed by atoms with Crippen molar-refractivity contribution >= 4 is 23.2 Å². The Kier molecular flexibility index (Phi) is 7.04. The van der Waals surface area contributed by atoms with Crippen LogP contribution in [-0.4, -0.2) is 6.61 Å². The second-order valence-corrected chi connectivity index (χ2v) is 6.81. The summed E-state index contributed by atoms with van der Waals surface area (Å²) < 4.78 is 17.0. The molecule has 0 saturated carbocycles. The van der Waals surface area contributed by atoms with Crippen LogP contribution in [0.3, 0.4) is 0 Å². The molecule has 0 amide bonds. The minimum absolute atomic E-state index is 0.323. The van der Waals surface area contributed by atoms with Gasteiger partial charge in [-0.05, 0) is 37.3 Å². The molecule has 2 aromatic carbocycles. The zero-order chi connectivity index (χ0) is 19.1. The molecule has 0 aliphatic heterocycles. The Hall–Kier alpha value is -2.14. The normalized spacial score (nSPS) is 10.8. The maximum atomic E-state index is 6.48. The van der Waals surface area contributed by atoms with Crippen LogP contribution in [0.1, 0.15) is 23.8 Å². The lowest BCUT2D eigenvalue weighted by molar-refractivity contribution is -0.688. The highest BCUT2D eigenvalue weighted by Gasteiger charge is 2.14. The highest BCUT2D eigenvalue weighted by atomic mass is 35.5. The Bertz CT molecular complexity index is 866. The predicted molar refractivity (Wildman–Crippen MR) is 106 cm³/mol. The average molecular weight is 407 g/mol. The third-order valence-corrected chi connectivity index (χ3v) is 4.65. The molecule has 27 heavy (non-hydrogen) atoms. The molecule has 0 unspecified atom stereocenters. The molecule has 0 saturated heterocycles.